The van der Waals surface area contributed by atoms with Crippen LogP contribution in [0.2, 0.25) is 0 Å². The molecule has 1 nitrogen and oxygen atoms in total. The summed E-state index contributed by atoms with van der Waals surface area (Å²) in [4.78, 5) is 2.43. The zero-order chi connectivity index (χ0) is 34.2. The fraction of sp³-hybridized carbons (Fsp3) is 0.167. The minimum absolute atomic E-state index is 0.0261. The molecule has 0 aliphatic carbocycles. The van der Waals surface area contributed by atoms with Crippen molar-refractivity contribution in [1.82, 2.24) is 0 Å². The van der Waals surface area contributed by atoms with Gasteiger partial charge in [-0.15, -0.1) is 0 Å². The number of benzene rings is 7. The molecule has 0 fully saturated rings. The molecule has 0 aliphatic heterocycles. The van der Waals surface area contributed by atoms with Gasteiger partial charge in [0.15, 0.2) is 0 Å². The molecule has 242 valence electrons. The maximum atomic E-state index is 2.43. The molecule has 0 aliphatic rings. The third kappa shape index (κ3) is 6.42. The summed E-state index contributed by atoms with van der Waals surface area (Å²) in [6.07, 6.45) is 0. The smallest absolute Gasteiger partial charge is 0.0540 e. The molecule has 0 saturated heterocycles. The Morgan fingerprint density at radius 1 is 0.367 bits per heavy atom. The second kappa shape index (κ2) is 12.9. The van der Waals surface area contributed by atoms with E-state index in [2.05, 4.69) is 210 Å². The van der Waals surface area contributed by atoms with Gasteiger partial charge in [-0.3, -0.25) is 0 Å². The highest BCUT2D eigenvalue weighted by molar-refractivity contribution is 6.09. The molecular formula is C48H45N. The van der Waals surface area contributed by atoms with Crippen molar-refractivity contribution < 1.29 is 0 Å². The summed E-state index contributed by atoms with van der Waals surface area (Å²) >= 11 is 0. The molecule has 0 amide bonds. The number of para-hydroxylation sites is 3. The first kappa shape index (κ1) is 32.2. The number of nitrogens with zero attached hydrogens (tertiary/aromatic N) is 1. The van der Waals surface area contributed by atoms with Crippen molar-refractivity contribution in [3.63, 3.8) is 0 Å². The molecule has 0 aromatic heterocycles. The molecule has 7 aromatic rings. The van der Waals surface area contributed by atoms with Crippen LogP contribution in [0.25, 0.3) is 44.2 Å². The SMILES string of the molecule is CC(C)(C)c1cc(-c2cccc3cccc(-c4ccccc4N(c4ccccc4)c4ccccc4-c4ccccc4)c23)cc(C(C)(C)C)c1. The Labute approximate surface area is 292 Å². The molecule has 49 heavy (non-hydrogen) atoms. The molecular weight excluding hydrogens is 591 g/mol. The second-order valence-corrected chi connectivity index (χ2v) is 15.1. The quantitative estimate of drug-likeness (QED) is 0.176. The molecule has 0 unspecified atom stereocenters. The predicted octanol–water partition coefficient (Wildman–Crippen LogP) is 13.9. The van der Waals surface area contributed by atoms with Gasteiger partial charge in [0.05, 0.1) is 11.4 Å². The van der Waals surface area contributed by atoms with Gasteiger partial charge in [-0.1, -0.05) is 181 Å². The number of hydrogen-bond donors (Lipinski definition) is 0. The minimum atomic E-state index is 0.0261. The van der Waals surface area contributed by atoms with Crippen molar-refractivity contribution in [2.75, 3.05) is 4.90 Å². The summed E-state index contributed by atoms with van der Waals surface area (Å²) in [6.45, 7) is 13.9. The van der Waals surface area contributed by atoms with Crippen molar-refractivity contribution in [1.29, 1.82) is 0 Å². The van der Waals surface area contributed by atoms with E-state index < -0.39 is 0 Å². The van der Waals surface area contributed by atoms with Gasteiger partial charge in [0, 0.05) is 16.8 Å². The van der Waals surface area contributed by atoms with Crippen LogP contribution in [0, 0.1) is 0 Å². The molecule has 0 N–H and O–H groups in total. The van der Waals surface area contributed by atoms with Gasteiger partial charge >= 0.3 is 0 Å². The Hall–Kier alpha value is -5.40. The van der Waals surface area contributed by atoms with Crippen molar-refractivity contribution in [3.8, 4) is 33.4 Å². The van der Waals surface area contributed by atoms with Gasteiger partial charge in [-0.2, -0.15) is 0 Å². The van der Waals surface area contributed by atoms with E-state index in [1.54, 1.807) is 0 Å². The van der Waals surface area contributed by atoms with Gasteiger partial charge in [-0.05, 0) is 79.2 Å². The van der Waals surface area contributed by atoms with Crippen molar-refractivity contribution in [3.05, 3.63) is 175 Å². The summed E-state index contributed by atoms with van der Waals surface area (Å²) in [5.74, 6) is 0. The van der Waals surface area contributed by atoms with E-state index >= 15 is 0 Å². The zero-order valence-corrected chi connectivity index (χ0v) is 29.5. The first-order chi connectivity index (χ1) is 23.6. The third-order valence-corrected chi connectivity index (χ3v) is 9.56. The first-order valence-corrected chi connectivity index (χ1v) is 17.4. The maximum absolute atomic E-state index is 2.43. The van der Waals surface area contributed by atoms with E-state index in [0.29, 0.717) is 0 Å². The number of rotatable bonds is 6. The van der Waals surface area contributed by atoms with Crippen LogP contribution in [0.3, 0.4) is 0 Å². The number of fused-ring (bicyclic) bond motifs is 1. The molecule has 1 heteroatoms. The molecule has 0 bridgehead atoms. The Balaban J connectivity index is 1.51. The molecule has 0 saturated carbocycles. The first-order valence-electron chi connectivity index (χ1n) is 17.4. The fourth-order valence-electron chi connectivity index (χ4n) is 6.87. The van der Waals surface area contributed by atoms with Crippen molar-refractivity contribution in [2.45, 2.75) is 52.4 Å². The Morgan fingerprint density at radius 2 is 0.837 bits per heavy atom. The summed E-state index contributed by atoms with van der Waals surface area (Å²) in [5.41, 5.74) is 13.5. The lowest BCUT2D eigenvalue weighted by molar-refractivity contribution is 0.569. The van der Waals surface area contributed by atoms with E-state index in [9.17, 15) is 0 Å². The summed E-state index contributed by atoms with van der Waals surface area (Å²) < 4.78 is 0. The largest absolute Gasteiger partial charge is 0.309 e. The van der Waals surface area contributed by atoms with Gasteiger partial charge in [0.25, 0.3) is 0 Å². The van der Waals surface area contributed by atoms with Gasteiger partial charge < -0.3 is 4.90 Å². The standard InChI is InChI=1S/C48H45N/c1-47(2,3)37-31-36(32-38(33-37)48(4,5)6)41-27-17-21-35-22-18-28-43(46(35)41)42-26-14-16-30-45(42)49(39-23-11-8-12-24-39)44-29-15-13-25-40(44)34-19-9-7-10-20-34/h7-33H,1-6H3. The van der Waals surface area contributed by atoms with Crippen molar-refractivity contribution in [2.24, 2.45) is 0 Å². The van der Waals surface area contributed by atoms with Crippen LogP contribution in [0.15, 0.2) is 164 Å². The normalized spacial score (nSPS) is 11.9. The molecule has 0 radical (unpaired) electrons. The Bertz CT molecular complexity index is 2190. The van der Waals surface area contributed by atoms with Gasteiger partial charge in [0.1, 0.15) is 0 Å². The Kier molecular flexibility index (Phi) is 8.47. The summed E-state index contributed by atoms with van der Waals surface area (Å²) in [6, 6.07) is 59.9. The van der Waals surface area contributed by atoms with Crippen molar-refractivity contribution >= 4 is 27.8 Å². The van der Waals surface area contributed by atoms with E-state index in [0.717, 1.165) is 17.1 Å². The summed E-state index contributed by atoms with van der Waals surface area (Å²) in [5, 5.41) is 2.51. The maximum Gasteiger partial charge on any atom is 0.0540 e. The highest BCUT2D eigenvalue weighted by Gasteiger charge is 2.24. The fourth-order valence-corrected chi connectivity index (χ4v) is 6.87. The van der Waals surface area contributed by atoms with Gasteiger partial charge in [0.2, 0.25) is 0 Å². The molecule has 7 rings (SSSR count). The van der Waals surface area contributed by atoms with E-state index in [1.807, 2.05) is 0 Å². The summed E-state index contributed by atoms with van der Waals surface area (Å²) in [7, 11) is 0. The van der Waals surface area contributed by atoms with E-state index in [-0.39, 0.29) is 10.8 Å². The predicted molar refractivity (Wildman–Crippen MR) is 212 cm³/mol. The molecule has 0 heterocycles. The van der Waals surface area contributed by atoms with Crippen LogP contribution in [-0.2, 0) is 10.8 Å². The lowest BCUT2D eigenvalue weighted by atomic mass is 9.78. The number of hydrogen-bond acceptors (Lipinski definition) is 1. The minimum Gasteiger partial charge on any atom is -0.309 e. The Morgan fingerprint density at radius 3 is 1.43 bits per heavy atom. The van der Waals surface area contributed by atoms with Crippen LogP contribution in [-0.4, -0.2) is 0 Å². The molecule has 0 atom stereocenters. The lowest BCUT2D eigenvalue weighted by Gasteiger charge is -2.30. The number of anilines is 3. The third-order valence-electron chi connectivity index (χ3n) is 9.56. The second-order valence-electron chi connectivity index (χ2n) is 15.1. The highest BCUT2D eigenvalue weighted by Crippen LogP contribution is 2.47. The van der Waals surface area contributed by atoms with E-state index in [1.165, 1.54) is 55.3 Å². The average Bonchev–Trinajstić information content (AvgIpc) is 3.12. The highest BCUT2D eigenvalue weighted by atomic mass is 15.1. The van der Waals surface area contributed by atoms with Crippen LogP contribution in [0.5, 0.6) is 0 Å². The monoisotopic (exact) mass is 635 g/mol. The average molecular weight is 636 g/mol. The van der Waals surface area contributed by atoms with E-state index in [4.69, 9.17) is 0 Å². The zero-order valence-electron chi connectivity index (χ0n) is 29.5. The van der Waals surface area contributed by atoms with Crippen LogP contribution >= 0.6 is 0 Å². The van der Waals surface area contributed by atoms with Gasteiger partial charge in [-0.25, -0.2) is 0 Å². The van der Waals surface area contributed by atoms with Crippen LogP contribution in [0.1, 0.15) is 52.7 Å². The van der Waals surface area contributed by atoms with Crippen LogP contribution in [0.4, 0.5) is 17.1 Å². The van der Waals surface area contributed by atoms with Crippen LogP contribution < -0.4 is 4.90 Å². The topological polar surface area (TPSA) is 3.24 Å². The lowest BCUT2D eigenvalue weighted by Crippen LogP contribution is -2.16. The molecule has 0 spiro atoms. The molecule has 7 aromatic carbocycles.